The third-order valence-corrected chi connectivity index (χ3v) is 3.18. The minimum atomic E-state index is -2.62. The first-order chi connectivity index (χ1) is 11.5. The lowest BCUT2D eigenvalue weighted by molar-refractivity contribution is 0.0794. The fraction of sp³-hybridized carbons (Fsp3) is 0.375. The van der Waals surface area contributed by atoms with Crippen LogP contribution in [0.5, 0.6) is 5.88 Å². The molecule has 2 rings (SSSR count). The second-order valence-electron chi connectivity index (χ2n) is 5.23. The standard InChI is InChI=1S/C16H18F2N2O4/c1-10(7-12(21)13-3-2-6-23-13)20-16(22)11-4-5-19-15(8-11)24-9-14(17)18/h2-6,8,10,12,14,21H,7,9H2,1H3,(H,20,22). The minimum absolute atomic E-state index is 0.0498. The molecule has 0 fully saturated rings. The van der Waals surface area contributed by atoms with Crippen molar-refractivity contribution >= 4 is 5.91 Å². The van der Waals surface area contributed by atoms with Crippen LogP contribution >= 0.6 is 0 Å². The van der Waals surface area contributed by atoms with Gasteiger partial charge in [-0.05, 0) is 25.1 Å². The van der Waals surface area contributed by atoms with Crippen molar-refractivity contribution in [1.82, 2.24) is 10.3 Å². The summed E-state index contributed by atoms with van der Waals surface area (Å²) >= 11 is 0. The maximum atomic E-state index is 12.2. The molecule has 0 aliphatic rings. The number of aromatic nitrogens is 1. The Kier molecular flexibility index (Phi) is 6.25. The van der Waals surface area contributed by atoms with E-state index in [1.165, 1.54) is 24.6 Å². The zero-order valence-electron chi connectivity index (χ0n) is 13.0. The highest BCUT2D eigenvalue weighted by molar-refractivity contribution is 5.94. The Morgan fingerprint density at radius 1 is 1.46 bits per heavy atom. The van der Waals surface area contributed by atoms with E-state index in [9.17, 15) is 18.7 Å². The number of carbonyl (C=O) groups excluding carboxylic acids is 1. The first-order valence-corrected chi connectivity index (χ1v) is 7.35. The molecule has 0 saturated carbocycles. The lowest BCUT2D eigenvalue weighted by Gasteiger charge is -2.17. The van der Waals surface area contributed by atoms with Crippen molar-refractivity contribution in [2.24, 2.45) is 0 Å². The van der Waals surface area contributed by atoms with Gasteiger partial charge in [-0.15, -0.1) is 0 Å². The molecule has 1 amide bonds. The molecule has 0 saturated heterocycles. The number of amides is 1. The summed E-state index contributed by atoms with van der Waals surface area (Å²) < 4.78 is 34.1. The summed E-state index contributed by atoms with van der Waals surface area (Å²) in [5.74, 6) is -0.0487. The van der Waals surface area contributed by atoms with Crippen LogP contribution in [0.4, 0.5) is 8.78 Å². The number of pyridine rings is 1. The monoisotopic (exact) mass is 340 g/mol. The highest BCUT2D eigenvalue weighted by Gasteiger charge is 2.17. The zero-order chi connectivity index (χ0) is 17.5. The highest BCUT2D eigenvalue weighted by Crippen LogP contribution is 2.19. The van der Waals surface area contributed by atoms with E-state index in [-0.39, 0.29) is 23.9 Å². The van der Waals surface area contributed by atoms with Crippen molar-refractivity contribution in [2.75, 3.05) is 6.61 Å². The fourth-order valence-electron chi connectivity index (χ4n) is 2.08. The molecule has 2 atom stereocenters. The van der Waals surface area contributed by atoms with Gasteiger partial charge >= 0.3 is 0 Å². The second-order valence-corrected chi connectivity index (χ2v) is 5.23. The Morgan fingerprint density at radius 3 is 2.92 bits per heavy atom. The lowest BCUT2D eigenvalue weighted by Crippen LogP contribution is -2.33. The number of ether oxygens (including phenoxy) is 1. The van der Waals surface area contributed by atoms with Gasteiger partial charge < -0.3 is 19.6 Å². The fourth-order valence-corrected chi connectivity index (χ4v) is 2.08. The van der Waals surface area contributed by atoms with Crippen LogP contribution in [0.2, 0.25) is 0 Å². The Bertz CT molecular complexity index is 649. The SMILES string of the molecule is CC(CC(O)c1ccco1)NC(=O)c1ccnc(OCC(F)F)c1. The van der Waals surface area contributed by atoms with E-state index in [2.05, 4.69) is 10.3 Å². The number of nitrogens with one attached hydrogen (secondary N) is 1. The van der Waals surface area contributed by atoms with Crippen molar-refractivity contribution in [2.45, 2.75) is 31.9 Å². The molecule has 2 aromatic heterocycles. The van der Waals surface area contributed by atoms with Crippen LogP contribution in [0.3, 0.4) is 0 Å². The normalized spacial score (nSPS) is 13.5. The maximum absolute atomic E-state index is 12.2. The molecular weight excluding hydrogens is 322 g/mol. The van der Waals surface area contributed by atoms with E-state index in [4.69, 9.17) is 9.15 Å². The van der Waals surface area contributed by atoms with E-state index >= 15 is 0 Å². The minimum Gasteiger partial charge on any atom is -0.472 e. The first-order valence-electron chi connectivity index (χ1n) is 7.35. The molecule has 6 nitrogen and oxygen atoms in total. The van der Waals surface area contributed by atoms with Crippen molar-refractivity contribution in [3.8, 4) is 5.88 Å². The number of alkyl halides is 2. The second kappa shape index (κ2) is 8.39. The Morgan fingerprint density at radius 2 is 2.25 bits per heavy atom. The molecule has 130 valence electrons. The molecule has 2 unspecified atom stereocenters. The number of halogens is 2. The van der Waals surface area contributed by atoms with Crippen molar-refractivity contribution in [3.63, 3.8) is 0 Å². The zero-order valence-corrected chi connectivity index (χ0v) is 13.0. The summed E-state index contributed by atoms with van der Waals surface area (Å²) in [4.78, 5) is 15.9. The van der Waals surface area contributed by atoms with Crippen LogP contribution in [0.1, 0.15) is 35.6 Å². The summed E-state index contributed by atoms with van der Waals surface area (Å²) in [6, 6.07) is 5.71. The number of hydrogen-bond donors (Lipinski definition) is 2. The van der Waals surface area contributed by atoms with Crippen LogP contribution in [-0.2, 0) is 0 Å². The summed E-state index contributed by atoms with van der Waals surface area (Å²) in [6.07, 6.45) is -0.429. The van der Waals surface area contributed by atoms with Crippen LogP contribution in [0.15, 0.2) is 41.1 Å². The van der Waals surface area contributed by atoms with Gasteiger partial charge in [-0.2, -0.15) is 0 Å². The number of hydrogen-bond acceptors (Lipinski definition) is 5. The topological polar surface area (TPSA) is 84.6 Å². The molecule has 0 bridgehead atoms. The Balaban J connectivity index is 1.90. The molecule has 24 heavy (non-hydrogen) atoms. The maximum Gasteiger partial charge on any atom is 0.272 e. The number of nitrogens with zero attached hydrogens (tertiary/aromatic N) is 1. The van der Waals surface area contributed by atoms with Crippen molar-refractivity contribution < 1.29 is 27.8 Å². The van der Waals surface area contributed by atoms with E-state index in [1.54, 1.807) is 19.1 Å². The Labute approximate surface area is 137 Å². The number of carbonyl (C=O) groups is 1. The van der Waals surface area contributed by atoms with Crippen LogP contribution < -0.4 is 10.1 Å². The average Bonchev–Trinajstić information content (AvgIpc) is 3.07. The van der Waals surface area contributed by atoms with Crippen LogP contribution in [0.25, 0.3) is 0 Å². The molecule has 0 aliphatic heterocycles. The summed E-state index contributed by atoms with van der Waals surface area (Å²) in [5.41, 5.74) is 0.230. The number of aliphatic hydroxyl groups excluding tert-OH is 1. The van der Waals surface area contributed by atoms with Gasteiger partial charge in [0.25, 0.3) is 12.3 Å². The predicted molar refractivity (Wildman–Crippen MR) is 80.9 cm³/mol. The van der Waals surface area contributed by atoms with Crippen molar-refractivity contribution in [3.05, 3.63) is 48.0 Å². The number of furan rings is 1. The van der Waals surface area contributed by atoms with E-state index in [1.807, 2.05) is 0 Å². The molecule has 2 heterocycles. The summed E-state index contributed by atoms with van der Waals surface area (Å²) in [7, 11) is 0. The van der Waals surface area contributed by atoms with Gasteiger partial charge in [-0.3, -0.25) is 4.79 Å². The molecule has 0 radical (unpaired) electrons. The summed E-state index contributed by atoms with van der Waals surface area (Å²) in [6.45, 7) is 0.948. The number of rotatable bonds is 8. The highest BCUT2D eigenvalue weighted by atomic mass is 19.3. The van der Waals surface area contributed by atoms with Gasteiger partial charge in [0.15, 0.2) is 6.61 Å². The molecular formula is C16H18F2N2O4. The van der Waals surface area contributed by atoms with Crippen molar-refractivity contribution in [1.29, 1.82) is 0 Å². The van der Waals surface area contributed by atoms with Gasteiger partial charge in [-0.25, -0.2) is 13.8 Å². The first kappa shape index (κ1) is 17.9. The van der Waals surface area contributed by atoms with E-state index < -0.39 is 25.0 Å². The Hall–Kier alpha value is -2.48. The van der Waals surface area contributed by atoms with E-state index in [0.717, 1.165) is 0 Å². The largest absolute Gasteiger partial charge is 0.472 e. The third-order valence-electron chi connectivity index (χ3n) is 3.18. The van der Waals surface area contributed by atoms with Gasteiger partial charge in [0.05, 0.1) is 6.26 Å². The molecule has 0 aliphatic carbocycles. The molecule has 0 spiro atoms. The molecule has 2 aromatic rings. The average molecular weight is 340 g/mol. The van der Waals surface area contributed by atoms with E-state index in [0.29, 0.717) is 5.76 Å². The van der Waals surface area contributed by atoms with Gasteiger partial charge in [0.1, 0.15) is 11.9 Å². The third kappa shape index (κ3) is 5.31. The summed E-state index contributed by atoms with van der Waals surface area (Å²) in [5, 5.41) is 12.7. The number of aliphatic hydroxyl groups is 1. The molecule has 0 aromatic carbocycles. The smallest absolute Gasteiger partial charge is 0.272 e. The predicted octanol–water partition coefficient (Wildman–Crippen LogP) is 2.56. The molecule has 8 heteroatoms. The van der Waals surface area contributed by atoms with Gasteiger partial charge in [-0.1, -0.05) is 0 Å². The quantitative estimate of drug-likeness (QED) is 0.771. The van der Waals surface area contributed by atoms with Gasteiger partial charge in [0, 0.05) is 30.3 Å². The van der Waals surface area contributed by atoms with Crippen LogP contribution in [0, 0.1) is 0 Å². The lowest BCUT2D eigenvalue weighted by atomic mass is 10.1. The van der Waals surface area contributed by atoms with Gasteiger partial charge in [0.2, 0.25) is 5.88 Å². The van der Waals surface area contributed by atoms with Crippen LogP contribution in [-0.4, -0.2) is 35.1 Å². The molecule has 2 N–H and O–H groups in total.